The number of esters is 1. The number of carbonyl (C=O) groups excluding carboxylic acids is 2. The summed E-state index contributed by atoms with van der Waals surface area (Å²) in [4.78, 5) is 26.8. The van der Waals surface area contributed by atoms with Gasteiger partial charge in [0.25, 0.3) is 0 Å². The Kier molecular flexibility index (Phi) is 4.29. The largest absolute Gasteiger partial charge is 0.457 e. The number of thioether (sulfide) groups is 1. The van der Waals surface area contributed by atoms with Crippen molar-refractivity contribution in [1.29, 1.82) is 0 Å². The van der Waals surface area contributed by atoms with Gasteiger partial charge in [-0.1, -0.05) is 24.4 Å². The molecule has 3 heterocycles. The van der Waals surface area contributed by atoms with Crippen LogP contribution in [-0.2, 0) is 19.1 Å². The topological polar surface area (TPSA) is 76.1 Å². The van der Waals surface area contributed by atoms with Crippen molar-refractivity contribution in [2.24, 2.45) is 5.92 Å². The molecule has 3 aliphatic rings. The summed E-state index contributed by atoms with van der Waals surface area (Å²) in [5, 5.41) is 9.53. The second kappa shape index (κ2) is 6.06. The molecule has 2 saturated heterocycles. The normalized spacial score (nSPS) is 31.8. The summed E-state index contributed by atoms with van der Waals surface area (Å²) in [6, 6.07) is 0. The lowest BCUT2D eigenvalue weighted by Crippen LogP contribution is -2.60. The van der Waals surface area contributed by atoms with Crippen molar-refractivity contribution in [3.63, 3.8) is 0 Å². The number of aliphatic hydroxyl groups excluding tert-OH is 1. The fraction of sp³-hybridized carbons (Fsp3) is 0.600. The van der Waals surface area contributed by atoms with Crippen LogP contribution in [0.25, 0.3) is 0 Å². The van der Waals surface area contributed by atoms with E-state index in [1.807, 2.05) is 0 Å². The van der Waals surface area contributed by atoms with Gasteiger partial charge in [0, 0.05) is 11.5 Å². The van der Waals surface area contributed by atoms with E-state index in [4.69, 9.17) is 9.47 Å². The lowest BCUT2D eigenvalue weighted by atomic mass is 9.92. The number of fused-ring (bicyclic) bond motifs is 1. The van der Waals surface area contributed by atoms with Crippen molar-refractivity contribution < 1.29 is 24.2 Å². The minimum absolute atomic E-state index is 0.0956. The van der Waals surface area contributed by atoms with E-state index in [0.29, 0.717) is 6.61 Å². The van der Waals surface area contributed by atoms with Crippen LogP contribution in [0.5, 0.6) is 0 Å². The Morgan fingerprint density at radius 3 is 3.05 bits per heavy atom. The number of nitrogens with zero attached hydrogens (tertiary/aromatic N) is 1. The van der Waals surface area contributed by atoms with Gasteiger partial charge in [-0.3, -0.25) is 9.69 Å². The van der Waals surface area contributed by atoms with E-state index in [1.165, 1.54) is 22.7 Å². The summed E-state index contributed by atoms with van der Waals surface area (Å²) in [6.07, 6.45) is 2.34. The fourth-order valence-corrected chi connectivity index (χ4v) is 4.71. The van der Waals surface area contributed by atoms with Crippen LogP contribution in [0.1, 0.15) is 19.8 Å². The molecule has 0 spiro atoms. The zero-order valence-corrected chi connectivity index (χ0v) is 13.2. The molecule has 0 aliphatic carbocycles. The van der Waals surface area contributed by atoms with Gasteiger partial charge < -0.3 is 14.6 Å². The van der Waals surface area contributed by atoms with E-state index in [1.54, 1.807) is 6.92 Å². The van der Waals surface area contributed by atoms with E-state index in [9.17, 15) is 14.7 Å². The van der Waals surface area contributed by atoms with Crippen LogP contribution >= 0.6 is 11.8 Å². The molecule has 1 N–H and O–H groups in total. The lowest BCUT2D eigenvalue weighted by molar-refractivity contribution is -0.158. The molecular formula is C15H19NO5S. The first-order valence-corrected chi connectivity index (χ1v) is 8.25. The van der Waals surface area contributed by atoms with E-state index in [0.717, 1.165) is 17.7 Å². The second-order valence-electron chi connectivity index (χ2n) is 5.58. The highest BCUT2D eigenvalue weighted by atomic mass is 32.2. The highest BCUT2D eigenvalue weighted by molar-refractivity contribution is 8.04. The van der Waals surface area contributed by atoms with Crippen LogP contribution in [0.3, 0.4) is 0 Å². The van der Waals surface area contributed by atoms with Gasteiger partial charge in [0.1, 0.15) is 17.7 Å². The molecule has 0 bridgehead atoms. The summed E-state index contributed by atoms with van der Waals surface area (Å²) in [7, 11) is 0. The van der Waals surface area contributed by atoms with Crippen molar-refractivity contribution in [2.45, 2.75) is 37.3 Å². The molecule has 3 rings (SSSR count). The number of carbonyl (C=O) groups is 2. The molecule has 7 heteroatoms. The molecule has 0 saturated carbocycles. The first-order chi connectivity index (χ1) is 10.6. The fourth-order valence-electron chi connectivity index (χ4n) is 3.01. The van der Waals surface area contributed by atoms with Crippen molar-refractivity contribution in [3.8, 4) is 0 Å². The third-order valence-electron chi connectivity index (χ3n) is 4.07. The monoisotopic (exact) mass is 325 g/mol. The Morgan fingerprint density at radius 2 is 2.45 bits per heavy atom. The minimum Gasteiger partial charge on any atom is -0.457 e. The van der Waals surface area contributed by atoms with Gasteiger partial charge in [-0.25, -0.2) is 4.79 Å². The van der Waals surface area contributed by atoms with E-state index < -0.39 is 18.0 Å². The van der Waals surface area contributed by atoms with Crippen LogP contribution in [0.15, 0.2) is 23.3 Å². The molecule has 120 valence electrons. The molecule has 6 nitrogen and oxygen atoms in total. The van der Waals surface area contributed by atoms with Crippen LogP contribution in [0.2, 0.25) is 0 Å². The summed E-state index contributed by atoms with van der Waals surface area (Å²) in [6.45, 7) is 5.87. The number of hydrogen-bond donors (Lipinski definition) is 1. The average molecular weight is 325 g/mol. The molecule has 1 amide bonds. The number of hydrogen-bond acceptors (Lipinski definition) is 6. The highest BCUT2D eigenvalue weighted by Gasteiger charge is 2.58. The molecular weight excluding hydrogens is 306 g/mol. The predicted molar refractivity (Wildman–Crippen MR) is 80.6 cm³/mol. The van der Waals surface area contributed by atoms with Crippen LogP contribution in [0.4, 0.5) is 0 Å². The Bertz CT molecular complexity index is 538. The first-order valence-electron chi connectivity index (χ1n) is 7.37. The molecule has 2 fully saturated rings. The summed E-state index contributed by atoms with van der Waals surface area (Å²) in [5.41, 5.74) is 0.283. The third-order valence-corrected chi connectivity index (χ3v) is 5.53. The van der Waals surface area contributed by atoms with Crippen LogP contribution < -0.4 is 0 Å². The molecule has 22 heavy (non-hydrogen) atoms. The van der Waals surface area contributed by atoms with E-state index >= 15 is 0 Å². The third kappa shape index (κ3) is 2.37. The molecule has 0 unspecified atom stereocenters. The number of amides is 1. The smallest absolute Gasteiger partial charge is 0.356 e. The van der Waals surface area contributed by atoms with Crippen molar-refractivity contribution in [2.75, 3.05) is 13.2 Å². The van der Waals surface area contributed by atoms with Gasteiger partial charge in [-0.15, -0.1) is 0 Å². The summed E-state index contributed by atoms with van der Waals surface area (Å²) < 4.78 is 10.8. The maximum Gasteiger partial charge on any atom is 0.356 e. The summed E-state index contributed by atoms with van der Waals surface area (Å²) >= 11 is 1.44. The maximum absolute atomic E-state index is 12.3. The van der Waals surface area contributed by atoms with Crippen LogP contribution in [-0.4, -0.2) is 52.7 Å². The number of β-lactam (4-membered cyclic amide) rings is 1. The van der Waals surface area contributed by atoms with Gasteiger partial charge >= 0.3 is 5.97 Å². The van der Waals surface area contributed by atoms with Crippen molar-refractivity contribution in [3.05, 3.63) is 23.3 Å². The molecule has 4 atom stereocenters. The number of ether oxygens (including phenoxy) is 2. The van der Waals surface area contributed by atoms with E-state index in [-0.39, 0.29) is 29.7 Å². The average Bonchev–Trinajstić information content (AvgIpc) is 3.09. The quantitative estimate of drug-likeness (QED) is 0.462. The zero-order valence-electron chi connectivity index (χ0n) is 12.4. The first kappa shape index (κ1) is 15.6. The number of aliphatic hydroxyl groups is 1. The Balaban J connectivity index is 1.88. The number of rotatable bonds is 5. The SMILES string of the molecule is C=CCOC(=O)C1=C([C@@H]2CCCO2)S[C@@H]2[C@@H]([C@@H](C)O)C(=O)N12. The molecule has 0 radical (unpaired) electrons. The molecule has 3 aliphatic heterocycles. The van der Waals surface area contributed by atoms with Gasteiger partial charge in [-0.05, 0) is 19.8 Å². The van der Waals surface area contributed by atoms with Gasteiger partial charge in [0.05, 0.1) is 18.1 Å². The van der Waals surface area contributed by atoms with Crippen molar-refractivity contribution in [1.82, 2.24) is 4.90 Å². The lowest BCUT2D eigenvalue weighted by Gasteiger charge is -2.43. The highest BCUT2D eigenvalue weighted by Crippen LogP contribution is 2.52. The van der Waals surface area contributed by atoms with E-state index in [2.05, 4.69) is 6.58 Å². The van der Waals surface area contributed by atoms with Gasteiger partial charge in [0.2, 0.25) is 5.91 Å². The minimum atomic E-state index is -0.740. The molecule has 0 aromatic heterocycles. The summed E-state index contributed by atoms with van der Waals surface area (Å²) in [5.74, 6) is -1.24. The molecule has 0 aromatic rings. The second-order valence-corrected chi connectivity index (χ2v) is 6.74. The maximum atomic E-state index is 12.3. The standard InChI is InChI=1S/C15H19NO5S/c1-3-6-21-15(19)11-12(9-5-4-7-20-9)22-14-10(8(2)17)13(18)16(11)14/h3,8-10,14,17H,1,4-7H2,2H3/t8-,9+,10+,14-/m1/s1. The Morgan fingerprint density at radius 1 is 1.68 bits per heavy atom. The van der Waals surface area contributed by atoms with Crippen LogP contribution in [0, 0.1) is 5.92 Å². The Hall–Kier alpha value is -1.31. The van der Waals surface area contributed by atoms with Crippen molar-refractivity contribution >= 4 is 23.6 Å². The zero-order chi connectivity index (χ0) is 15.9. The van der Waals surface area contributed by atoms with Gasteiger partial charge in [0.15, 0.2) is 0 Å². The predicted octanol–water partition coefficient (Wildman–Crippen LogP) is 1.02. The Labute approximate surface area is 133 Å². The van der Waals surface area contributed by atoms with Gasteiger partial charge in [-0.2, -0.15) is 0 Å². The molecule has 0 aromatic carbocycles.